The van der Waals surface area contributed by atoms with Crippen molar-refractivity contribution in [1.82, 2.24) is 15.5 Å². The number of carbonyl (C=O) groups is 4. The smallest absolute Gasteiger partial charge is 0.408 e. The van der Waals surface area contributed by atoms with E-state index in [-0.39, 0.29) is 31.5 Å². The minimum absolute atomic E-state index is 0.0123. The number of nitrogens with zero attached hydrogens (tertiary/aromatic N) is 1. The Kier molecular flexibility index (Phi) is 10.5. The summed E-state index contributed by atoms with van der Waals surface area (Å²) in [6.07, 6.45) is 5.22. The number of aliphatic hydroxyl groups is 1. The molecule has 4 atom stereocenters. The highest BCUT2D eigenvalue weighted by atomic mass is 16.6. The molecule has 37 heavy (non-hydrogen) atoms. The molecule has 0 bridgehead atoms. The highest BCUT2D eigenvalue weighted by Crippen LogP contribution is 2.40. The fourth-order valence-electron chi connectivity index (χ4n) is 3.80. The highest BCUT2D eigenvalue weighted by Gasteiger charge is 2.48. The third kappa shape index (κ3) is 8.79. The van der Waals surface area contributed by atoms with E-state index in [2.05, 4.69) is 16.6 Å². The molecule has 1 aliphatic rings. The molecule has 202 valence electrons. The van der Waals surface area contributed by atoms with Crippen LogP contribution in [0.15, 0.2) is 24.3 Å². The van der Waals surface area contributed by atoms with Gasteiger partial charge in [-0.25, -0.2) is 4.79 Å². The van der Waals surface area contributed by atoms with Crippen LogP contribution < -0.4 is 10.6 Å². The molecular formula is C27H37N3O7. The molecule has 0 saturated heterocycles. The van der Waals surface area contributed by atoms with E-state index in [0.717, 1.165) is 0 Å². The fourth-order valence-corrected chi connectivity index (χ4v) is 3.80. The first-order chi connectivity index (χ1) is 17.4. The Morgan fingerprint density at radius 2 is 1.84 bits per heavy atom. The van der Waals surface area contributed by atoms with Crippen LogP contribution in [0.1, 0.15) is 64.6 Å². The zero-order valence-electron chi connectivity index (χ0n) is 22.1. The van der Waals surface area contributed by atoms with Gasteiger partial charge in [0.15, 0.2) is 0 Å². The first-order valence-corrected chi connectivity index (χ1v) is 12.3. The molecular weight excluding hydrogens is 478 g/mol. The first-order valence-electron chi connectivity index (χ1n) is 12.3. The third-order valence-corrected chi connectivity index (χ3v) is 5.70. The van der Waals surface area contributed by atoms with E-state index in [0.29, 0.717) is 17.5 Å². The van der Waals surface area contributed by atoms with Gasteiger partial charge in [0.25, 0.3) is 0 Å². The molecule has 0 aliphatic heterocycles. The Balaban J connectivity index is 2.37. The topological polar surface area (TPSA) is 134 Å². The summed E-state index contributed by atoms with van der Waals surface area (Å²) >= 11 is 0. The number of rotatable bonds is 11. The van der Waals surface area contributed by atoms with Crippen molar-refractivity contribution in [2.75, 3.05) is 19.8 Å². The van der Waals surface area contributed by atoms with Gasteiger partial charge in [0, 0.05) is 18.2 Å². The molecule has 4 unspecified atom stereocenters. The van der Waals surface area contributed by atoms with Gasteiger partial charge in [-0.1, -0.05) is 25.0 Å². The number of hydrogen-bond donors (Lipinski definition) is 3. The molecule has 2 rings (SSSR count). The van der Waals surface area contributed by atoms with Crippen LogP contribution in [0.25, 0.3) is 0 Å². The second-order valence-electron chi connectivity index (χ2n) is 9.92. The zero-order chi connectivity index (χ0) is 27.8. The molecule has 0 aromatic heterocycles. The monoisotopic (exact) mass is 515 g/mol. The van der Waals surface area contributed by atoms with Crippen molar-refractivity contribution in [2.24, 2.45) is 5.92 Å². The number of carbonyl (C=O) groups excluding carboxylic acids is 4. The van der Waals surface area contributed by atoms with E-state index in [1.807, 2.05) is 6.92 Å². The molecule has 10 heteroatoms. The maximum Gasteiger partial charge on any atom is 0.408 e. The summed E-state index contributed by atoms with van der Waals surface area (Å²) in [6.45, 7) is 8.21. The summed E-state index contributed by atoms with van der Waals surface area (Å²) < 4.78 is 10.1. The summed E-state index contributed by atoms with van der Waals surface area (Å²) in [5.74, 6) is 1.02. The standard InChI is InChI=1S/C27H37N3O7/c1-7-18-9-11-19(12-10-18)23(24(33)28-14-13-22(32)36-8-2)30(21-15-17(21)3)25(34)20(16-31)29-26(35)37-27(4,5)6/h1,9-12,17,20-21,23,31H,8,13-16H2,2-6H3,(H,28,33)(H,29,35). The lowest BCUT2D eigenvalue weighted by atomic mass is 10.0. The molecule has 0 radical (unpaired) electrons. The summed E-state index contributed by atoms with van der Waals surface area (Å²) in [5.41, 5.74) is 0.287. The maximum atomic E-state index is 13.7. The number of terminal acetylenes is 1. The van der Waals surface area contributed by atoms with Crippen molar-refractivity contribution in [3.63, 3.8) is 0 Å². The van der Waals surface area contributed by atoms with Crippen LogP contribution in [0.2, 0.25) is 0 Å². The Hall–Kier alpha value is -3.58. The molecule has 1 aromatic carbocycles. The van der Waals surface area contributed by atoms with Crippen molar-refractivity contribution in [1.29, 1.82) is 0 Å². The van der Waals surface area contributed by atoms with Crippen LogP contribution >= 0.6 is 0 Å². The lowest BCUT2D eigenvalue weighted by molar-refractivity contribution is -0.145. The zero-order valence-corrected chi connectivity index (χ0v) is 22.1. The Bertz CT molecular complexity index is 1010. The molecule has 10 nitrogen and oxygen atoms in total. The van der Waals surface area contributed by atoms with Gasteiger partial charge in [0.05, 0.1) is 19.6 Å². The molecule has 0 spiro atoms. The SMILES string of the molecule is C#Cc1ccc(C(C(=O)NCCC(=O)OCC)N(C(=O)C(CO)NC(=O)OC(C)(C)C)C2CC2C)cc1. The van der Waals surface area contributed by atoms with Crippen LogP contribution in [0.4, 0.5) is 4.79 Å². The minimum atomic E-state index is -1.33. The second-order valence-corrected chi connectivity index (χ2v) is 9.92. The molecule has 0 heterocycles. The second kappa shape index (κ2) is 13.1. The molecule has 1 aliphatic carbocycles. The van der Waals surface area contributed by atoms with Gasteiger partial charge in [-0.2, -0.15) is 0 Å². The molecule has 3 amide bonds. The molecule has 1 aromatic rings. The van der Waals surface area contributed by atoms with Crippen molar-refractivity contribution < 1.29 is 33.8 Å². The average molecular weight is 516 g/mol. The quantitative estimate of drug-likeness (QED) is 0.303. The first kappa shape index (κ1) is 29.6. The van der Waals surface area contributed by atoms with Gasteiger partial charge < -0.3 is 30.1 Å². The Morgan fingerprint density at radius 3 is 2.32 bits per heavy atom. The number of benzene rings is 1. The van der Waals surface area contributed by atoms with Gasteiger partial charge in [-0.3, -0.25) is 14.4 Å². The van der Waals surface area contributed by atoms with Gasteiger partial charge in [-0.15, -0.1) is 6.42 Å². The number of ether oxygens (including phenoxy) is 2. The van der Waals surface area contributed by atoms with E-state index in [4.69, 9.17) is 15.9 Å². The van der Waals surface area contributed by atoms with E-state index in [1.165, 1.54) is 4.90 Å². The Morgan fingerprint density at radius 1 is 1.22 bits per heavy atom. The lowest BCUT2D eigenvalue weighted by Gasteiger charge is -2.34. The van der Waals surface area contributed by atoms with Crippen LogP contribution in [-0.2, 0) is 23.9 Å². The van der Waals surface area contributed by atoms with Crippen molar-refractivity contribution in [3.05, 3.63) is 35.4 Å². The predicted molar refractivity (Wildman–Crippen MR) is 136 cm³/mol. The average Bonchev–Trinajstić information content (AvgIpc) is 3.55. The van der Waals surface area contributed by atoms with Crippen molar-refractivity contribution in [2.45, 2.75) is 71.2 Å². The number of esters is 1. The number of aliphatic hydroxyl groups excluding tert-OH is 1. The number of amides is 3. The van der Waals surface area contributed by atoms with Gasteiger partial charge in [-0.05, 0) is 57.7 Å². The van der Waals surface area contributed by atoms with Crippen LogP contribution in [0, 0.1) is 18.3 Å². The predicted octanol–water partition coefficient (Wildman–Crippen LogP) is 1.90. The summed E-state index contributed by atoms with van der Waals surface area (Å²) in [6, 6.07) is 3.93. The normalized spacial score (nSPS) is 18.0. The van der Waals surface area contributed by atoms with E-state index >= 15 is 0 Å². The largest absolute Gasteiger partial charge is 0.466 e. The number of hydrogen-bond acceptors (Lipinski definition) is 7. The fraction of sp³-hybridized carbons (Fsp3) is 0.556. The van der Waals surface area contributed by atoms with E-state index in [9.17, 15) is 24.3 Å². The molecule has 1 fully saturated rings. The minimum Gasteiger partial charge on any atom is -0.466 e. The van der Waals surface area contributed by atoms with Crippen molar-refractivity contribution in [3.8, 4) is 12.3 Å². The van der Waals surface area contributed by atoms with Gasteiger partial charge in [0.1, 0.15) is 17.7 Å². The lowest BCUT2D eigenvalue weighted by Crippen LogP contribution is -2.55. The van der Waals surface area contributed by atoms with Gasteiger partial charge >= 0.3 is 12.1 Å². The summed E-state index contributed by atoms with van der Waals surface area (Å²) in [5, 5.41) is 15.1. The van der Waals surface area contributed by atoms with Crippen molar-refractivity contribution >= 4 is 23.9 Å². The summed E-state index contributed by atoms with van der Waals surface area (Å²) in [4.78, 5) is 52.7. The number of nitrogens with one attached hydrogen (secondary N) is 2. The molecule has 1 saturated carbocycles. The molecule has 3 N–H and O–H groups in total. The van der Waals surface area contributed by atoms with Crippen LogP contribution in [0.5, 0.6) is 0 Å². The summed E-state index contributed by atoms with van der Waals surface area (Å²) in [7, 11) is 0. The Labute approximate surface area is 218 Å². The van der Waals surface area contributed by atoms with Crippen LogP contribution in [-0.4, -0.2) is 71.3 Å². The highest BCUT2D eigenvalue weighted by molar-refractivity contribution is 5.92. The van der Waals surface area contributed by atoms with Crippen LogP contribution in [0.3, 0.4) is 0 Å². The van der Waals surface area contributed by atoms with E-state index in [1.54, 1.807) is 52.0 Å². The third-order valence-electron chi connectivity index (χ3n) is 5.70. The number of alkyl carbamates (subject to hydrolysis) is 1. The maximum absolute atomic E-state index is 13.7. The van der Waals surface area contributed by atoms with E-state index < -0.39 is 48.2 Å². The van der Waals surface area contributed by atoms with Gasteiger partial charge in [0.2, 0.25) is 11.8 Å².